The Kier molecular flexibility index (Phi) is 3.69. The normalized spacial score (nSPS) is 10.9. The van der Waals surface area contributed by atoms with E-state index in [2.05, 4.69) is 14.5 Å². The first-order valence-electron chi connectivity index (χ1n) is 4.23. The second-order valence-corrected chi connectivity index (χ2v) is 2.83. The predicted octanol–water partition coefficient (Wildman–Crippen LogP) is 1.71. The number of pyridine rings is 1. The van der Waals surface area contributed by atoms with Crippen LogP contribution in [0, 0.1) is 10.1 Å². The molecule has 98 valence electrons. The molecule has 1 rings (SSSR count). The highest BCUT2D eigenvalue weighted by Gasteiger charge is 2.35. The summed E-state index contributed by atoms with van der Waals surface area (Å²) in [5.74, 6) is -1.71. The van der Waals surface area contributed by atoms with E-state index in [9.17, 15) is 28.1 Å². The summed E-state index contributed by atoms with van der Waals surface area (Å²) in [4.78, 5) is 23.3. The van der Waals surface area contributed by atoms with Gasteiger partial charge in [0.15, 0.2) is 11.8 Å². The molecule has 0 saturated heterocycles. The third-order valence-corrected chi connectivity index (χ3v) is 1.71. The largest absolute Gasteiger partial charge is 0.574 e. The van der Waals surface area contributed by atoms with Gasteiger partial charge in [-0.25, -0.2) is 0 Å². The Hall–Kier alpha value is -2.39. The number of halogens is 3. The first kappa shape index (κ1) is 13.7. The van der Waals surface area contributed by atoms with E-state index < -0.39 is 34.3 Å². The molecular weight excluding hydrogens is 261 g/mol. The van der Waals surface area contributed by atoms with Crippen molar-refractivity contribution < 1.29 is 32.4 Å². The van der Waals surface area contributed by atoms with Crippen molar-refractivity contribution in [2.45, 2.75) is 6.36 Å². The molecule has 0 aromatic carbocycles. The van der Waals surface area contributed by atoms with E-state index in [4.69, 9.17) is 0 Å². The topological polar surface area (TPSA) is 91.6 Å². The second kappa shape index (κ2) is 4.85. The summed E-state index contributed by atoms with van der Waals surface area (Å²) in [5.41, 5.74) is -1.81. The Bertz CT molecular complexity index is 488. The molecule has 0 aliphatic heterocycles. The molecule has 10 heteroatoms. The quantitative estimate of drug-likeness (QED) is 0.468. The highest BCUT2D eigenvalue weighted by atomic mass is 19.4. The van der Waals surface area contributed by atoms with Crippen molar-refractivity contribution in [1.82, 2.24) is 4.98 Å². The van der Waals surface area contributed by atoms with Gasteiger partial charge in [0.05, 0.1) is 18.1 Å². The van der Waals surface area contributed by atoms with Crippen molar-refractivity contribution in [2.75, 3.05) is 7.11 Å². The molecule has 1 heterocycles. The predicted molar refractivity (Wildman–Crippen MR) is 49.5 cm³/mol. The van der Waals surface area contributed by atoms with Gasteiger partial charge in [-0.05, 0) is 0 Å². The van der Waals surface area contributed by atoms with Crippen molar-refractivity contribution in [1.29, 1.82) is 0 Å². The summed E-state index contributed by atoms with van der Waals surface area (Å²) in [6.45, 7) is 0. The van der Waals surface area contributed by atoms with Gasteiger partial charge < -0.3 is 9.47 Å². The van der Waals surface area contributed by atoms with Crippen LogP contribution in [0.25, 0.3) is 0 Å². The van der Waals surface area contributed by atoms with Crippen LogP contribution in [0.3, 0.4) is 0 Å². The van der Waals surface area contributed by atoms with Crippen LogP contribution in [0.4, 0.5) is 18.9 Å². The molecule has 0 unspecified atom stereocenters. The van der Waals surface area contributed by atoms with Crippen molar-refractivity contribution in [3.8, 4) is 11.8 Å². The smallest absolute Gasteiger partial charge is 0.481 e. The van der Waals surface area contributed by atoms with Gasteiger partial charge >= 0.3 is 6.36 Å². The molecule has 0 atom stereocenters. The molecule has 1 aromatic heterocycles. The molecule has 0 aliphatic carbocycles. The van der Waals surface area contributed by atoms with E-state index in [1.54, 1.807) is 0 Å². The Labute approximate surface area is 97.3 Å². The van der Waals surface area contributed by atoms with Crippen LogP contribution >= 0.6 is 0 Å². The number of ether oxygens (including phenoxy) is 2. The summed E-state index contributed by atoms with van der Waals surface area (Å²) in [6, 6.07) is 0.715. The molecule has 0 N–H and O–H groups in total. The Balaban J connectivity index is 3.42. The van der Waals surface area contributed by atoms with Crippen molar-refractivity contribution in [3.63, 3.8) is 0 Å². The lowest BCUT2D eigenvalue weighted by Crippen LogP contribution is -2.19. The molecule has 0 bridgehead atoms. The number of aromatic nitrogens is 1. The average molecular weight is 266 g/mol. The van der Waals surface area contributed by atoms with E-state index in [-0.39, 0.29) is 6.29 Å². The summed E-state index contributed by atoms with van der Waals surface area (Å²) in [5, 5.41) is 10.6. The van der Waals surface area contributed by atoms with E-state index in [0.717, 1.165) is 7.11 Å². The molecule has 18 heavy (non-hydrogen) atoms. The first-order chi connectivity index (χ1) is 8.28. The van der Waals surface area contributed by atoms with Crippen molar-refractivity contribution in [3.05, 3.63) is 21.7 Å². The summed E-state index contributed by atoms with van der Waals surface area (Å²) in [7, 11) is 1.05. The van der Waals surface area contributed by atoms with Crippen LogP contribution in [0.1, 0.15) is 10.4 Å². The number of hydrogen-bond donors (Lipinski definition) is 0. The standard InChI is InChI=1S/C8H5F3N2O5/c1-17-6-2-5(13(15)16)4(3-14)7(12-6)18-8(9,10)11/h2-3H,1H3. The average Bonchev–Trinajstić information content (AvgIpc) is 2.25. The Morgan fingerprint density at radius 2 is 2.11 bits per heavy atom. The zero-order chi connectivity index (χ0) is 13.9. The monoisotopic (exact) mass is 266 g/mol. The molecule has 1 aromatic rings. The molecule has 0 aliphatic rings. The van der Waals surface area contributed by atoms with Crippen LogP contribution < -0.4 is 9.47 Å². The maximum Gasteiger partial charge on any atom is 0.574 e. The summed E-state index contributed by atoms with van der Waals surface area (Å²) >= 11 is 0. The zero-order valence-corrected chi connectivity index (χ0v) is 8.72. The van der Waals surface area contributed by atoms with Gasteiger partial charge in [-0.1, -0.05) is 0 Å². The van der Waals surface area contributed by atoms with Gasteiger partial charge in [-0.2, -0.15) is 4.98 Å². The SMILES string of the molecule is COc1cc([N+](=O)[O-])c(C=O)c(OC(F)(F)F)n1. The number of carbonyl (C=O) groups is 1. The summed E-state index contributed by atoms with van der Waals surface area (Å²) in [6.07, 6.45) is -5.28. The van der Waals surface area contributed by atoms with E-state index >= 15 is 0 Å². The van der Waals surface area contributed by atoms with E-state index in [1.165, 1.54) is 0 Å². The fourth-order valence-corrected chi connectivity index (χ4v) is 1.05. The number of nitrogens with zero attached hydrogens (tertiary/aromatic N) is 2. The molecule has 0 saturated carbocycles. The van der Waals surface area contributed by atoms with Gasteiger partial charge in [0, 0.05) is 0 Å². The van der Waals surface area contributed by atoms with Crippen LogP contribution in [-0.4, -0.2) is 29.7 Å². The highest BCUT2D eigenvalue weighted by molar-refractivity contribution is 5.85. The van der Waals surface area contributed by atoms with Gasteiger partial charge in [-0.15, -0.1) is 13.2 Å². The second-order valence-electron chi connectivity index (χ2n) is 2.83. The number of nitro groups is 1. The van der Waals surface area contributed by atoms with Crippen LogP contribution in [0.15, 0.2) is 6.07 Å². The van der Waals surface area contributed by atoms with Crippen molar-refractivity contribution >= 4 is 12.0 Å². The number of rotatable bonds is 4. The molecule has 0 spiro atoms. The number of hydrogen-bond acceptors (Lipinski definition) is 6. The number of alkyl halides is 3. The molecular formula is C8H5F3N2O5. The fourth-order valence-electron chi connectivity index (χ4n) is 1.05. The van der Waals surface area contributed by atoms with Crippen molar-refractivity contribution in [2.24, 2.45) is 0 Å². The minimum atomic E-state index is -5.13. The van der Waals surface area contributed by atoms with E-state index in [1.807, 2.05) is 0 Å². The van der Waals surface area contributed by atoms with E-state index in [0.29, 0.717) is 6.07 Å². The zero-order valence-electron chi connectivity index (χ0n) is 8.72. The highest BCUT2D eigenvalue weighted by Crippen LogP contribution is 2.32. The fraction of sp³-hybridized carbons (Fsp3) is 0.250. The van der Waals surface area contributed by atoms with Crippen LogP contribution in [0.2, 0.25) is 0 Å². The maximum atomic E-state index is 12.0. The first-order valence-corrected chi connectivity index (χ1v) is 4.23. The number of aldehydes is 1. The molecule has 0 amide bonds. The van der Waals surface area contributed by atoms with Gasteiger partial charge in [0.1, 0.15) is 0 Å². The molecule has 0 fully saturated rings. The maximum absolute atomic E-state index is 12.0. The number of methoxy groups -OCH3 is 1. The number of carbonyl (C=O) groups excluding carboxylic acids is 1. The van der Waals surface area contributed by atoms with Crippen LogP contribution in [-0.2, 0) is 0 Å². The minimum Gasteiger partial charge on any atom is -0.481 e. The summed E-state index contributed by atoms with van der Waals surface area (Å²) < 4.78 is 44.0. The molecule has 0 radical (unpaired) electrons. The lowest BCUT2D eigenvalue weighted by atomic mass is 10.2. The van der Waals surface area contributed by atoms with Gasteiger partial charge in [0.2, 0.25) is 11.8 Å². The molecule has 7 nitrogen and oxygen atoms in total. The third kappa shape index (κ3) is 3.06. The lowest BCUT2D eigenvalue weighted by molar-refractivity contribution is -0.385. The van der Waals surface area contributed by atoms with Gasteiger partial charge in [0.25, 0.3) is 5.69 Å². The Morgan fingerprint density at radius 1 is 1.50 bits per heavy atom. The minimum absolute atomic E-state index is 0.147. The lowest BCUT2D eigenvalue weighted by Gasteiger charge is -2.10. The van der Waals surface area contributed by atoms with Crippen LogP contribution in [0.5, 0.6) is 11.8 Å². The Morgan fingerprint density at radius 3 is 2.50 bits per heavy atom. The van der Waals surface area contributed by atoms with Gasteiger partial charge in [-0.3, -0.25) is 14.9 Å². The third-order valence-electron chi connectivity index (χ3n) is 1.71.